The number of guanidine groups is 1. The molecule has 0 N–H and O–H groups in total. The first-order valence-corrected chi connectivity index (χ1v) is 10.9. The molecular weight excluding hydrogens is 342 g/mol. The normalized spacial score (nSPS) is 22.4. The third-order valence-corrected chi connectivity index (χ3v) is 6.20. The van der Waals surface area contributed by atoms with Crippen LogP contribution in [0.1, 0.15) is 43.7 Å². The van der Waals surface area contributed by atoms with E-state index in [9.17, 15) is 0 Å². The fourth-order valence-electron chi connectivity index (χ4n) is 4.61. The first-order valence-electron chi connectivity index (χ1n) is 10.9. The Morgan fingerprint density at radius 2 is 1.68 bits per heavy atom. The molecular formula is C25H33N3. The Bertz CT molecular complexity index is 756. The molecule has 0 aromatic heterocycles. The van der Waals surface area contributed by atoms with Crippen molar-refractivity contribution in [3.05, 3.63) is 71.8 Å². The van der Waals surface area contributed by atoms with Gasteiger partial charge in [0.25, 0.3) is 0 Å². The van der Waals surface area contributed by atoms with Gasteiger partial charge in [0.15, 0.2) is 5.96 Å². The predicted octanol–water partition coefficient (Wildman–Crippen LogP) is 4.98. The maximum atomic E-state index is 4.95. The first-order chi connectivity index (χ1) is 13.8. The average molecular weight is 376 g/mol. The molecule has 1 unspecified atom stereocenters. The van der Waals surface area contributed by atoms with Gasteiger partial charge in [0.2, 0.25) is 0 Å². The van der Waals surface area contributed by atoms with Crippen LogP contribution in [0.25, 0.3) is 0 Å². The standard InChI is InChI=1S/C25H33N3/c1-21-18-26-25(28(21)20-24-12-6-3-7-13-24)27-17-9-16-23(19-27)15-8-14-22-10-4-2-5-11-22/h2-7,10-13,21,23H,8-9,14-20H2,1H3/t21-,23?/m0/s1. The maximum Gasteiger partial charge on any atom is 0.197 e. The van der Waals surface area contributed by atoms with E-state index in [4.69, 9.17) is 4.99 Å². The second-order valence-corrected chi connectivity index (χ2v) is 8.44. The third-order valence-electron chi connectivity index (χ3n) is 6.20. The summed E-state index contributed by atoms with van der Waals surface area (Å²) in [6.45, 7) is 6.53. The number of likely N-dealkylation sites (tertiary alicyclic amines) is 1. The number of aryl methyl sites for hydroxylation is 1. The van der Waals surface area contributed by atoms with Crippen LogP contribution in [0.15, 0.2) is 65.7 Å². The van der Waals surface area contributed by atoms with E-state index >= 15 is 0 Å². The van der Waals surface area contributed by atoms with Crippen LogP contribution in [0, 0.1) is 5.92 Å². The summed E-state index contributed by atoms with van der Waals surface area (Å²) in [5.74, 6) is 2.04. The number of aliphatic imine (C=N–C) groups is 1. The van der Waals surface area contributed by atoms with Gasteiger partial charge in [0.1, 0.15) is 0 Å². The molecule has 2 atom stereocenters. The minimum absolute atomic E-state index is 0.494. The van der Waals surface area contributed by atoms with Gasteiger partial charge in [0.05, 0.1) is 6.54 Å². The summed E-state index contributed by atoms with van der Waals surface area (Å²) in [6, 6.07) is 22.2. The van der Waals surface area contributed by atoms with Crippen LogP contribution in [0.3, 0.4) is 0 Å². The molecule has 2 aliphatic rings. The molecule has 2 aliphatic heterocycles. The second kappa shape index (κ2) is 9.27. The molecule has 1 saturated heterocycles. The fourth-order valence-corrected chi connectivity index (χ4v) is 4.61. The van der Waals surface area contributed by atoms with Crippen LogP contribution in [0.4, 0.5) is 0 Å². The molecule has 2 aromatic carbocycles. The number of hydrogen-bond acceptors (Lipinski definition) is 3. The molecule has 0 amide bonds. The lowest BCUT2D eigenvalue weighted by molar-refractivity contribution is 0.212. The van der Waals surface area contributed by atoms with E-state index in [2.05, 4.69) is 77.4 Å². The van der Waals surface area contributed by atoms with Crippen molar-refractivity contribution in [2.75, 3.05) is 19.6 Å². The van der Waals surface area contributed by atoms with Crippen LogP contribution in [0.5, 0.6) is 0 Å². The van der Waals surface area contributed by atoms with E-state index in [0.717, 1.165) is 25.6 Å². The molecule has 2 aromatic rings. The zero-order valence-corrected chi connectivity index (χ0v) is 17.1. The van der Waals surface area contributed by atoms with Gasteiger partial charge in [-0.1, -0.05) is 60.7 Å². The summed E-state index contributed by atoms with van der Waals surface area (Å²) < 4.78 is 0. The lowest BCUT2D eigenvalue weighted by Gasteiger charge is -2.38. The summed E-state index contributed by atoms with van der Waals surface area (Å²) in [5, 5.41) is 0. The highest BCUT2D eigenvalue weighted by Gasteiger charge is 2.31. The summed E-state index contributed by atoms with van der Waals surface area (Å²) in [4.78, 5) is 10.0. The van der Waals surface area contributed by atoms with Gasteiger partial charge in [-0.25, -0.2) is 0 Å². The zero-order chi connectivity index (χ0) is 19.2. The van der Waals surface area contributed by atoms with Crippen molar-refractivity contribution in [2.24, 2.45) is 10.9 Å². The van der Waals surface area contributed by atoms with E-state index in [1.807, 2.05) is 0 Å². The van der Waals surface area contributed by atoms with Crippen molar-refractivity contribution in [1.82, 2.24) is 9.80 Å². The topological polar surface area (TPSA) is 18.8 Å². The summed E-state index contributed by atoms with van der Waals surface area (Å²) in [7, 11) is 0. The Morgan fingerprint density at radius 3 is 2.43 bits per heavy atom. The highest BCUT2D eigenvalue weighted by molar-refractivity contribution is 5.82. The van der Waals surface area contributed by atoms with Crippen LogP contribution >= 0.6 is 0 Å². The van der Waals surface area contributed by atoms with Crippen LogP contribution < -0.4 is 0 Å². The van der Waals surface area contributed by atoms with Gasteiger partial charge in [-0.05, 0) is 56.1 Å². The second-order valence-electron chi connectivity index (χ2n) is 8.44. The molecule has 0 bridgehead atoms. The highest BCUT2D eigenvalue weighted by Crippen LogP contribution is 2.25. The van der Waals surface area contributed by atoms with Crippen LogP contribution in [-0.2, 0) is 13.0 Å². The summed E-state index contributed by atoms with van der Waals surface area (Å²) in [5.41, 5.74) is 2.85. The van der Waals surface area contributed by atoms with E-state index in [0.29, 0.717) is 6.04 Å². The van der Waals surface area contributed by atoms with Crippen molar-refractivity contribution in [2.45, 2.75) is 51.6 Å². The lowest BCUT2D eigenvalue weighted by Crippen LogP contribution is -2.48. The minimum Gasteiger partial charge on any atom is -0.343 e. The summed E-state index contributed by atoms with van der Waals surface area (Å²) in [6.07, 6.45) is 6.48. The Kier molecular flexibility index (Phi) is 6.31. The van der Waals surface area contributed by atoms with Crippen LogP contribution in [-0.4, -0.2) is 41.4 Å². The molecule has 4 rings (SSSR count). The van der Waals surface area contributed by atoms with Crippen molar-refractivity contribution in [1.29, 1.82) is 0 Å². The molecule has 0 aliphatic carbocycles. The fraction of sp³-hybridized carbons (Fsp3) is 0.480. The Hall–Kier alpha value is -2.29. The molecule has 3 heteroatoms. The molecule has 1 fully saturated rings. The van der Waals surface area contributed by atoms with E-state index in [1.165, 1.54) is 55.7 Å². The Balaban J connectivity index is 1.32. The Morgan fingerprint density at radius 1 is 0.964 bits per heavy atom. The van der Waals surface area contributed by atoms with Crippen LogP contribution in [0.2, 0.25) is 0 Å². The summed E-state index contributed by atoms with van der Waals surface area (Å²) >= 11 is 0. The SMILES string of the molecule is C[C@H]1CN=C(N2CCCC(CCCc3ccccc3)C2)N1Cc1ccccc1. The largest absolute Gasteiger partial charge is 0.343 e. The van der Waals surface area contributed by atoms with E-state index in [1.54, 1.807) is 0 Å². The number of benzene rings is 2. The number of piperidine rings is 1. The van der Waals surface area contributed by atoms with Gasteiger partial charge in [-0.15, -0.1) is 0 Å². The number of hydrogen-bond donors (Lipinski definition) is 0. The third kappa shape index (κ3) is 4.76. The van der Waals surface area contributed by atoms with Crippen molar-refractivity contribution in [3.63, 3.8) is 0 Å². The van der Waals surface area contributed by atoms with E-state index < -0.39 is 0 Å². The molecule has 0 saturated carbocycles. The maximum absolute atomic E-state index is 4.95. The molecule has 28 heavy (non-hydrogen) atoms. The average Bonchev–Trinajstić information content (AvgIpc) is 3.10. The zero-order valence-electron chi connectivity index (χ0n) is 17.1. The number of nitrogens with zero attached hydrogens (tertiary/aromatic N) is 3. The Labute approximate surface area is 170 Å². The molecule has 0 spiro atoms. The van der Waals surface area contributed by atoms with Gasteiger partial charge in [-0.2, -0.15) is 0 Å². The first kappa shape index (κ1) is 19.0. The molecule has 3 nitrogen and oxygen atoms in total. The van der Waals surface area contributed by atoms with E-state index in [-0.39, 0.29) is 0 Å². The van der Waals surface area contributed by atoms with Crippen molar-refractivity contribution >= 4 is 5.96 Å². The minimum atomic E-state index is 0.494. The smallest absolute Gasteiger partial charge is 0.197 e. The predicted molar refractivity (Wildman–Crippen MR) is 117 cm³/mol. The number of rotatable bonds is 6. The molecule has 0 radical (unpaired) electrons. The van der Waals surface area contributed by atoms with Crippen molar-refractivity contribution in [3.8, 4) is 0 Å². The van der Waals surface area contributed by atoms with Gasteiger partial charge < -0.3 is 9.80 Å². The lowest BCUT2D eigenvalue weighted by atomic mass is 9.92. The van der Waals surface area contributed by atoms with Gasteiger partial charge in [-0.3, -0.25) is 4.99 Å². The van der Waals surface area contributed by atoms with Gasteiger partial charge in [0, 0.05) is 25.7 Å². The quantitative estimate of drug-likeness (QED) is 0.709. The van der Waals surface area contributed by atoms with Gasteiger partial charge >= 0.3 is 0 Å². The molecule has 2 heterocycles. The van der Waals surface area contributed by atoms with Crippen molar-refractivity contribution < 1.29 is 0 Å². The monoisotopic (exact) mass is 375 g/mol. The molecule has 148 valence electrons. The highest BCUT2D eigenvalue weighted by atomic mass is 15.4.